The molecule has 27 heavy (non-hydrogen) atoms. The van der Waals surface area contributed by atoms with Gasteiger partial charge in [0.1, 0.15) is 12.3 Å². The van der Waals surface area contributed by atoms with Crippen molar-refractivity contribution in [3.05, 3.63) is 71.8 Å². The number of benzene rings is 2. The van der Waals surface area contributed by atoms with Crippen LogP contribution in [0.25, 0.3) is 0 Å². The Bertz CT molecular complexity index is 737. The van der Waals surface area contributed by atoms with Crippen LogP contribution in [-0.2, 0) is 14.4 Å². The first-order valence-corrected chi connectivity index (χ1v) is 8.58. The molecule has 0 saturated heterocycles. The molecule has 0 radical (unpaired) electrons. The van der Waals surface area contributed by atoms with Gasteiger partial charge in [0.05, 0.1) is 5.56 Å². The molecule has 0 fully saturated rings. The Labute approximate surface area is 157 Å². The molecule has 1 unspecified atom stereocenters. The van der Waals surface area contributed by atoms with E-state index in [0.717, 1.165) is 5.06 Å². The Morgan fingerprint density at radius 3 is 2.11 bits per heavy atom. The van der Waals surface area contributed by atoms with Crippen molar-refractivity contribution in [2.75, 3.05) is 6.61 Å². The zero-order valence-electron chi connectivity index (χ0n) is 15.2. The van der Waals surface area contributed by atoms with E-state index in [1.807, 2.05) is 0 Å². The molecule has 0 bridgehead atoms. The fraction of sp³-hybridized carbons (Fsp3) is 0.300. The molecule has 0 aromatic heterocycles. The second-order valence-corrected chi connectivity index (χ2v) is 5.80. The van der Waals surface area contributed by atoms with E-state index >= 15 is 0 Å². The zero-order chi connectivity index (χ0) is 19.8. The minimum Gasteiger partial charge on any atom is -0.479 e. The number of carboxylic acids is 1. The Balaban J connectivity index is 2.41. The van der Waals surface area contributed by atoms with Gasteiger partial charge in [-0.2, -0.15) is 0 Å². The smallest absolute Gasteiger partial charge is 0.357 e. The van der Waals surface area contributed by atoms with E-state index in [2.05, 4.69) is 0 Å². The predicted octanol–water partition coefficient (Wildman–Crippen LogP) is 2.63. The third-order valence-corrected chi connectivity index (χ3v) is 3.93. The van der Waals surface area contributed by atoms with Crippen molar-refractivity contribution in [2.45, 2.75) is 32.2 Å². The van der Waals surface area contributed by atoms with Gasteiger partial charge >= 0.3 is 11.9 Å². The lowest BCUT2D eigenvalue weighted by Gasteiger charge is -2.35. The van der Waals surface area contributed by atoms with E-state index < -0.39 is 30.3 Å². The predicted molar refractivity (Wildman–Crippen MR) is 97.6 cm³/mol. The molecule has 2 rings (SSSR count). The fourth-order valence-electron chi connectivity index (χ4n) is 2.65. The van der Waals surface area contributed by atoms with Crippen LogP contribution in [0, 0.1) is 0 Å². The van der Waals surface area contributed by atoms with Gasteiger partial charge < -0.3 is 19.8 Å². The molecule has 0 aliphatic carbocycles. The SMILES string of the molecule is CCOC(C)N(OC(=O)c1ccccc1)[C@@H](c1ccccc1)[C@@H](O)C(=O)O. The number of rotatable bonds is 9. The van der Waals surface area contributed by atoms with Crippen molar-refractivity contribution in [1.82, 2.24) is 5.06 Å². The van der Waals surface area contributed by atoms with Crippen LogP contribution in [0.2, 0.25) is 0 Å². The van der Waals surface area contributed by atoms with E-state index in [1.165, 1.54) is 0 Å². The molecule has 2 aromatic carbocycles. The Kier molecular flexibility index (Phi) is 7.48. The summed E-state index contributed by atoms with van der Waals surface area (Å²) in [6.45, 7) is 3.69. The Morgan fingerprint density at radius 2 is 1.59 bits per heavy atom. The first kappa shape index (κ1) is 20.6. The highest BCUT2D eigenvalue weighted by atomic mass is 16.7. The van der Waals surface area contributed by atoms with Crippen LogP contribution in [-0.4, -0.2) is 46.2 Å². The normalized spacial score (nSPS) is 14.4. The molecule has 2 aromatic rings. The van der Waals surface area contributed by atoms with Gasteiger partial charge in [0, 0.05) is 6.61 Å². The maximum absolute atomic E-state index is 12.5. The second-order valence-electron chi connectivity index (χ2n) is 5.80. The van der Waals surface area contributed by atoms with Gasteiger partial charge in [-0.3, -0.25) is 0 Å². The van der Waals surface area contributed by atoms with E-state index in [-0.39, 0.29) is 0 Å². The molecule has 7 nitrogen and oxygen atoms in total. The highest BCUT2D eigenvalue weighted by molar-refractivity contribution is 5.89. The number of hydroxylamine groups is 2. The fourth-order valence-corrected chi connectivity index (χ4v) is 2.65. The molecule has 0 saturated carbocycles. The van der Waals surface area contributed by atoms with Gasteiger partial charge in [-0.1, -0.05) is 48.5 Å². The molecule has 0 heterocycles. The maximum Gasteiger partial charge on any atom is 0.357 e. The van der Waals surface area contributed by atoms with Gasteiger partial charge in [0.2, 0.25) is 0 Å². The summed E-state index contributed by atoms with van der Waals surface area (Å²) in [5, 5.41) is 20.8. The van der Waals surface area contributed by atoms with Crippen LogP contribution < -0.4 is 0 Å². The van der Waals surface area contributed by atoms with Crippen molar-refractivity contribution < 1.29 is 29.4 Å². The lowest BCUT2D eigenvalue weighted by atomic mass is 10.0. The summed E-state index contributed by atoms with van der Waals surface area (Å²) in [5.74, 6) is -2.12. The average Bonchev–Trinajstić information content (AvgIpc) is 2.68. The van der Waals surface area contributed by atoms with E-state index in [9.17, 15) is 19.8 Å². The van der Waals surface area contributed by atoms with Crippen LogP contribution in [0.5, 0.6) is 0 Å². The molecular weight excluding hydrogens is 350 g/mol. The van der Waals surface area contributed by atoms with Gasteiger partial charge in [0.15, 0.2) is 6.10 Å². The largest absolute Gasteiger partial charge is 0.479 e. The number of carbonyl (C=O) groups is 2. The second kappa shape index (κ2) is 9.82. The van der Waals surface area contributed by atoms with Crippen molar-refractivity contribution in [3.8, 4) is 0 Å². The van der Waals surface area contributed by atoms with Gasteiger partial charge in [-0.15, -0.1) is 5.06 Å². The van der Waals surface area contributed by atoms with Crippen LogP contribution in [0.1, 0.15) is 35.8 Å². The maximum atomic E-state index is 12.5. The summed E-state index contributed by atoms with van der Waals surface area (Å²) in [6.07, 6.45) is -2.62. The molecule has 0 aliphatic heterocycles. The lowest BCUT2D eigenvalue weighted by Crippen LogP contribution is -2.46. The Hall–Kier alpha value is -2.74. The first-order valence-electron chi connectivity index (χ1n) is 8.58. The summed E-state index contributed by atoms with van der Waals surface area (Å²) in [6, 6.07) is 15.6. The van der Waals surface area contributed by atoms with Crippen molar-refractivity contribution in [2.24, 2.45) is 0 Å². The molecule has 0 aliphatic rings. The van der Waals surface area contributed by atoms with Crippen LogP contribution in [0.15, 0.2) is 60.7 Å². The number of carbonyl (C=O) groups excluding carboxylic acids is 1. The monoisotopic (exact) mass is 373 g/mol. The topological polar surface area (TPSA) is 96.3 Å². The van der Waals surface area contributed by atoms with E-state index in [1.54, 1.807) is 74.5 Å². The molecule has 3 atom stereocenters. The number of hydrogen-bond acceptors (Lipinski definition) is 6. The third kappa shape index (κ3) is 5.37. The van der Waals surface area contributed by atoms with Crippen molar-refractivity contribution in [3.63, 3.8) is 0 Å². The van der Waals surface area contributed by atoms with Gasteiger partial charge in [-0.05, 0) is 31.5 Å². The number of aliphatic hydroxyl groups is 1. The van der Waals surface area contributed by atoms with E-state index in [0.29, 0.717) is 17.7 Å². The standard InChI is InChI=1S/C20H23NO6/c1-3-26-14(2)21(27-20(25)16-12-8-5-9-13-16)17(18(22)19(23)24)15-10-6-4-7-11-15/h4-14,17-18,22H,3H2,1-2H3,(H,23,24)/t14?,17-,18+/m0/s1. The number of aliphatic hydroxyl groups excluding tert-OH is 1. The quantitative estimate of drug-likeness (QED) is 0.515. The highest BCUT2D eigenvalue weighted by Crippen LogP contribution is 2.28. The molecular formula is C20H23NO6. The summed E-state index contributed by atoms with van der Waals surface area (Å²) >= 11 is 0. The van der Waals surface area contributed by atoms with Gasteiger partial charge in [0.25, 0.3) is 0 Å². The number of hydrogen-bond donors (Lipinski definition) is 2. The minimum atomic E-state index is -1.83. The lowest BCUT2D eigenvalue weighted by molar-refractivity contribution is -0.248. The number of carboxylic acid groups (broad SMARTS) is 1. The highest BCUT2D eigenvalue weighted by Gasteiger charge is 2.38. The summed E-state index contributed by atoms with van der Waals surface area (Å²) < 4.78 is 5.52. The summed E-state index contributed by atoms with van der Waals surface area (Å²) in [5.41, 5.74) is 0.766. The van der Waals surface area contributed by atoms with Crippen LogP contribution >= 0.6 is 0 Å². The van der Waals surface area contributed by atoms with Crippen molar-refractivity contribution in [1.29, 1.82) is 0 Å². The third-order valence-electron chi connectivity index (χ3n) is 3.93. The number of nitrogens with zero attached hydrogens (tertiary/aromatic N) is 1. The molecule has 144 valence electrons. The average molecular weight is 373 g/mol. The van der Waals surface area contributed by atoms with Crippen molar-refractivity contribution >= 4 is 11.9 Å². The first-order chi connectivity index (χ1) is 13.0. The molecule has 0 spiro atoms. The van der Waals surface area contributed by atoms with Crippen LogP contribution in [0.3, 0.4) is 0 Å². The number of ether oxygens (including phenoxy) is 1. The summed E-state index contributed by atoms with van der Waals surface area (Å²) in [7, 11) is 0. The molecule has 0 amide bonds. The number of aliphatic carboxylic acids is 1. The zero-order valence-corrected chi connectivity index (χ0v) is 15.2. The molecule has 2 N–H and O–H groups in total. The summed E-state index contributed by atoms with van der Waals surface area (Å²) in [4.78, 5) is 29.5. The Morgan fingerprint density at radius 1 is 1.04 bits per heavy atom. The molecule has 7 heteroatoms. The van der Waals surface area contributed by atoms with Gasteiger partial charge in [-0.25, -0.2) is 9.59 Å². The van der Waals surface area contributed by atoms with E-state index in [4.69, 9.17) is 9.57 Å². The minimum absolute atomic E-state index is 0.294. The van der Waals surface area contributed by atoms with Crippen LogP contribution in [0.4, 0.5) is 0 Å².